The van der Waals surface area contributed by atoms with Crippen molar-refractivity contribution in [3.63, 3.8) is 0 Å². The first-order chi connectivity index (χ1) is 5.29. The van der Waals surface area contributed by atoms with Gasteiger partial charge in [0.05, 0.1) is 5.92 Å². The standard InChI is InChI=1S/C7H10BrNOS/c8-4-3-11-5-1-2-9-7(10)6(4)5/h4-6H,1-3H2,(H,9,10). The van der Waals surface area contributed by atoms with E-state index in [1.165, 1.54) is 0 Å². The lowest BCUT2D eigenvalue weighted by atomic mass is 9.96. The molecule has 2 rings (SSSR count). The third-order valence-electron chi connectivity index (χ3n) is 2.29. The van der Waals surface area contributed by atoms with Gasteiger partial charge in [-0.15, -0.1) is 0 Å². The SMILES string of the molecule is O=C1NCCC2SCC(Br)C12. The maximum atomic E-state index is 11.3. The second-order valence-corrected chi connectivity index (χ2v) is 5.44. The fourth-order valence-electron chi connectivity index (χ4n) is 1.71. The predicted molar refractivity (Wildman–Crippen MR) is 50.1 cm³/mol. The van der Waals surface area contributed by atoms with Gasteiger partial charge in [0.25, 0.3) is 0 Å². The molecule has 0 aromatic rings. The number of piperidine rings is 1. The molecule has 3 unspecified atom stereocenters. The Morgan fingerprint density at radius 2 is 2.45 bits per heavy atom. The summed E-state index contributed by atoms with van der Waals surface area (Å²) in [5.74, 6) is 1.56. The van der Waals surface area contributed by atoms with E-state index in [1.807, 2.05) is 11.8 Å². The molecule has 4 heteroatoms. The van der Waals surface area contributed by atoms with Gasteiger partial charge in [0.15, 0.2) is 0 Å². The van der Waals surface area contributed by atoms with Crippen LogP contribution in [0.2, 0.25) is 0 Å². The van der Waals surface area contributed by atoms with E-state index in [1.54, 1.807) is 0 Å². The highest BCUT2D eigenvalue weighted by molar-refractivity contribution is 9.09. The highest BCUT2D eigenvalue weighted by atomic mass is 79.9. The molecule has 0 saturated carbocycles. The number of rotatable bonds is 0. The largest absolute Gasteiger partial charge is 0.356 e. The number of carbonyl (C=O) groups excluding carboxylic acids is 1. The van der Waals surface area contributed by atoms with E-state index in [0.717, 1.165) is 18.7 Å². The van der Waals surface area contributed by atoms with Crippen LogP contribution in [0.25, 0.3) is 0 Å². The number of alkyl halides is 1. The minimum Gasteiger partial charge on any atom is -0.356 e. The molecule has 1 N–H and O–H groups in total. The summed E-state index contributed by atoms with van der Waals surface area (Å²) < 4.78 is 0. The molecular weight excluding hydrogens is 226 g/mol. The molecule has 0 aromatic carbocycles. The Kier molecular flexibility index (Phi) is 2.14. The van der Waals surface area contributed by atoms with Crippen LogP contribution in [0.5, 0.6) is 0 Å². The summed E-state index contributed by atoms with van der Waals surface area (Å²) >= 11 is 5.47. The van der Waals surface area contributed by atoms with E-state index < -0.39 is 0 Å². The van der Waals surface area contributed by atoms with Gasteiger partial charge in [-0.05, 0) is 6.42 Å². The highest BCUT2D eigenvalue weighted by Gasteiger charge is 2.42. The normalized spacial score (nSPS) is 43.4. The van der Waals surface area contributed by atoms with Crippen LogP contribution >= 0.6 is 27.7 Å². The Bertz CT molecular complexity index is 185. The molecule has 3 atom stereocenters. The molecule has 0 spiro atoms. The van der Waals surface area contributed by atoms with Gasteiger partial charge in [0.1, 0.15) is 0 Å². The van der Waals surface area contributed by atoms with Crippen LogP contribution in [0.1, 0.15) is 6.42 Å². The number of nitrogens with one attached hydrogen (secondary N) is 1. The Morgan fingerprint density at radius 3 is 3.18 bits per heavy atom. The monoisotopic (exact) mass is 235 g/mol. The van der Waals surface area contributed by atoms with Gasteiger partial charge in [0.2, 0.25) is 5.91 Å². The van der Waals surface area contributed by atoms with Gasteiger partial charge in [-0.2, -0.15) is 11.8 Å². The van der Waals surface area contributed by atoms with E-state index in [-0.39, 0.29) is 11.8 Å². The van der Waals surface area contributed by atoms with Crippen molar-refractivity contribution in [2.45, 2.75) is 16.5 Å². The van der Waals surface area contributed by atoms with Crippen LogP contribution in [0.3, 0.4) is 0 Å². The molecule has 0 aromatic heterocycles. The highest BCUT2D eigenvalue weighted by Crippen LogP contribution is 2.40. The Labute approximate surface area is 78.6 Å². The number of fused-ring (bicyclic) bond motifs is 1. The van der Waals surface area contributed by atoms with Gasteiger partial charge in [-0.3, -0.25) is 4.79 Å². The van der Waals surface area contributed by atoms with Crippen molar-refractivity contribution in [3.05, 3.63) is 0 Å². The molecule has 2 aliphatic heterocycles. The summed E-state index contributed by atoms with van der Waals surface area (Å²) in [6, 6.07) is 0. The minimum atomic E-state index is 0.230. The molecule has 11 heavy (non-hydrogen) atoms. The number of hydrogen-bond donors (Lipinski definition) is 1. The average molecular weight is 236 g/mol. The molecular formula is C7H10BrNOS. The van der Waals surface area contributed by atoms with E-state index >= 15 is 0 Å². The number of halogens is 1. The topological polar surface area (TPSA) is 29.1 Å². The van der Waals surface area contributed by atoms with Crippen LogP contribution in [-0.4, -0.2) is 28.3 Å². The Balaban J connectivity index is 2.14. The molecule has 0 aliphatic carbocycles. The first-order valence-corrected chi connectivity index (χ1v) is 5.79. The zero-order valence-corrected chi connectivity index (χ0v) is 8.45. The van der Waals surface area contributed by atoms with E-state index in [2.05, 4.69) is 21.2 Å². The maximum absolute atomic E-state index is 11.3. The molecule has 62 valence electrons. The van der Waals surface area contributed by atoms with Crippen molar-refractivity contribution >= 4 is 33.6 Å². The van der Waals surface area contributed by atoms with Crippen LogP contribution in [0, 0.1) is 5.92 Å². The maximum Gasteiger partial charge on any atom is 0.225 e. The molecule has 2 saturated heterocycles. The van der Waals surface area contributed by atoms with E-state index in [0.29, 0.717) is 10.1 Å². The lowest BCUT2D eigenvalue weighted by Crippen LogP contribution is -2.44. The van der Waals surface area contributed by atoms with Gasteiger partial charge in [-0.1, -0.05) is 15.9 Å². The van der Waals surface area contributed by atoms with Crippen LogP contribution in [0.15, 0.2) is 0 Å². The first-order valence-electron chi connectivity index (χ1n) is 3.82. The summed E-state index contributed by atoms with van der Waals surface area (Å²) in [5.41, 5.74) is 0. The van der Waals surface area contributed by atoms with Crippen molar-refractivity contribution in [1.82, 2.24) is 5.32 Å². The summed E-state index contributed by atoms with van der Waals surface area (Å²) in [5, 5.41) is 3.48. The van der Waals surface area contributed by atoms with Crippen molar-refractivity contribution < 1.29 is 4.79 Å². The minimum absolute atomic E-state index is 0.230. The zero-order valence-electron chi connectivity index (χ0n) is 6.05. The summed E-state index contributed by atoms with van der Waals surface area (Å²) in [6.45, 7) is 0.868. The Hall–Kier alpha value is 0.300. The average Bonchev–Trinajstić information content (AvgIpc) is 2.34. The van der Waals surface area contributed by atoms with Crippen molar-refractivity contribution in [3.8, 4) is 0 Å². The summed E-state index contributed by atoms with van der Waals surface area (Å²) in [4.78, 5) is 11.7. The third-order valence-corrected chi connectivity index (χ3v) is 5.12. The molecule has 1 amide bonds. The van der Waals surface area contributed by atoms with Gasteiger partial charge in [-0.25, -0.2) is 0 Å². The number of thioether (sulfide) groups is 1. The van der Waals surface area contributed by atoms with Gasteiger partial charge < -0.3 is 5.32 Å². The molecule has 0 bridgehead atoms. The van der Waals surface area contributed by atoms with Crippen molar-refractivity contribution in [1.29, 1.82) is 0 Å². The van der Waals surface area contributed by atoms with Gasteiger partial charge in [0, 0.05) is 22.4 Å². The van der Waals surface area contributed by atoms with Crippen LogP contribution in [-0.2, 0) is 4.79 Å². The van der Waals surface area contributed by atoms with Crippen molar-refractivity contribution in [2.75, 3.05) is 12.3 Å². The predicted octanol–water partition coefficient (Wildman–Crippen LogP) is 1.00. The number of carbonyl (C=O) groups is 1. The van der Waals surface area contributed by atoms with Crippen LogP contribution in [0.4, 0.5) is 0 Å². The summed E-state index contributed by atoms with van der Waals surface area (Å²) in [6.07, 6.45) is 1.14. The lowest BCUT2D eigenvalue weighted by Gasteiger charge is -2.25. The molecule has 2 nitrogen and oxygen atoms in total. The smallest absolute Gasteiger partial charge is 0.225 e. The second-order valence-electron chi connectivity index (χ2n) is 2.99. The van der Waals surface area contributed by atoms with Crippen LogP contribution < -0.4 is 5.32 Å². The zero-order chi connectivity index (χ0) is 7.84. The fourth-order valence-corrected chi connectivity index (χ4v) is 4.42. The first kappa shape index (κ1) is 7.92. The summed E-state index contributed by atoms with van der Waals surface area (Å²) in [7, 11) is 0. The molecule has 0 radical (unpaired) electrons. The van der Waals surface area contributed by atoms with Gasteiger partial charge >= 0.3 is 0 Å². The number of amides is 1. The molecule has 2 fully saturated rings. The fraction of sp³-hybridized carbons (Fsp3) is 0.857. The van der Waals surface area contributed by atoms with E-state index in [9.17, 15) is 4.79 Å². The quantitative estimate of drug-likeness (QED) is 0.636. The lowest BCUT2D eigenvalue weighted by molar-refractivity contribution is -0.125. The Morgan fingerprint density at radius 1 is 1.64 bits per heavy atom. The third kappa shape index (κ3) is 1.31. The van der Waals surface area contributed by atoms with E-state index in [4.69, 9.17) is 0 Å². The molecule has 2 heterocycles. The van der Waals surface area contributed by atoms with Crippen molar-refractivity contribution in [2.24, 2.45) is 5.92 Å². The molecule has 2 aliphatic rings. The second kappa shape index (κ2) is 2.98. The number of hydrogen-bond acceptors (Lipinski definition) is 2.